The molecule has 1 aliphatic carbocycles. The first kappa shape index (κ1) is 16.3. The van der Waals surface area contributed by atoms with Crippen LogP contribution in [0, 0.1) is 5.92 Å². The molecule has 1 saturated carbocycles. The second-order valence-corrected chi connectivity index (χ2v) is 5.61. The summed E-state index contributed by atoms with van der Waals surface area (Å²) in [6, 6.07) is 3.38. The number of anilines is 1. The first-order valence-corrected chi connectivity index (χ1v) is 7.74. The topological polar surface area (TPSA) is 71.5 Å². The van der Waals surface area contributed by atoms with Gasteiger partial charge in [0.25, 0.3) is 5.91 Å². The highest BCUT2D eigenvalue weighted by atomic mass is 16.5. The molecule has 2 amide bonds. The highest BCUT2D eigenvalue weighted by Crippen LogP contribution is 2.30. The number of unbranched alkanes of at least 4 members (excludes halogenated alkanes) is 1. The van der Waals surface area contributed by atoms with Gasteiger partial charge in [-0.05, 0) is 25.3 Å². The van der Waals surface area contributed by atoms with Crippen molar-refractivity contribution in [1.29, 1.82) is 0 Å². The lowest BCUT2D eigenvalue weighted by molar-refractivity contribution is -0.132. The fraction of sp³-hybridized carbons (Fsp3) is 0.562. The monoisotopic (exact) mass is 305 g/mol. The van der Waals surface area contributed by atoms with E-state index in [-0.39, 0.29) is 24.3 Å². The van der Waals surface area contributed by atoms with Crippen LogP contribution in [0.15, 0.2) is 18.3 Å². The van der Waals surface area contributed by atoms with Gasteiger partial charge in [0.05, 0.1) is 11.9 Å². The Bertz CT molecular complexity index is 512. The van der Waals surface area contributed by atoms with Gasteiger partial charge < -0.3 is 15.0 Å². The third kappa shape index (κ3) is 5.02. The average molecular weight is 305 g/mol. The Labute approximate surface area is 130 Å². The van der Waals surface area contributed by atoms with Crippen molar-refractivity contribution in [2.24, 2.45) is 5.92 Å². The van der Waals surface area contributed by atoms with Gasteiger partial charge in [0.15, 0.2) is 6.61 Å². The molecule has 1 N–H and O–H groups in total. The number of hydrogen-bond donors (Lipinski definition) is 1. The second-order valence-electron chi connectivity index (χ2n) is 5.61. The third-order valence-corrected chi connectivity index (χ3v) is 3.57. The molecule has 0 aromatic carbocycles. The minimum absolute atomic E-state index is 0.0268. The number of amides is 2. The van der Waals surface area contributed by atoms with E-state index in [1.54, 1.807) is 30.3 Å². The number of carbonyl (C=O) groups excluding carboxylic acids is 2. The first-order valence-electron chi connectivity index (χ1n) is 7.74. The average Bonchev–Trinajstić information content (AvgIpc) is 3.36. The fourth-order valence-electron chi connectivity index (χ4n) is 1.90. The van der Waals surface area contributed by atoms with E-state index in [4.69, 9.17) is 4.74 Å². The predicted octanol–water partition coefficient (Wildman–Crippen LogP) is 2.07. The molecule has 22 heavy (non-hydrogen) atoms. The molecule has 1 aliphatic rings. The maximum atomic E-state index is 11.8. The molecule has 0 bridgehead atoms. The van der Waals surface area contributed by atoms with E-state index in [9.17, 15) is 9.59 Å². The van der Waals surface area contributed by atoms with Gasteiger partial charge >= 0.3 is 0 Å². The highest BCUT2D eigenvalue weighted by Gasteiger charge is 2.29. The van der Waals surface area contributed by atoms with Crippen LogP contribution in [0.2, 0.25) is 0 Å². The Balaban J connectivity index is 1.75. The van der Waals surface area contributed by atoms with Gasteiger partial charge in [-0.1, -0.05) is 13.3 Å². The van der Waals surface area contributed by atoms with Gasteiger partial charge in [0.2, 0.25) is 11.8 Å². The molecule has 0 aliphatic heterocycles. The van der Waals surface area contributed by atoms with Gasteiger partial charge in [0, 0.05) is 25.6 Å². The van der Waals surface area contributed by atoms with Crippen LogP contribution in [-0.4, -0.2) is 41.9 Å². The summed E-state index contributed by atoms with van der Waals surface area (Å²) in [7, 11) is 1.77. The van der Waals surface area contributed by atoms with Crippen LogP contribution in [0.5, 0.6) is 5.88 Å². The first-order chi connectivity index (χ1) is 10.6. The van der Waals surface area contributed by atoms with Gasteiger partial charge in [-0.2, -0.15) is 0 Å². The zero-order valence-corrected chi connectivity index (χ0v) is 13.2. The Morgan fingerprint density at radius 2 is 2.18 bits per heavy atom. The third-order valence-electron chi connectivity index (χ3n) is 3.57. The molecule has 6 nitrogen and oxygen atoms in total. The van der Waals surface area contributed by atoms with Crippen molar-refractivity contribution >= 4 is 17.5 Å². The molecule has 0 radical (unpaired) electrons. The number of hydrogen-bond acceptors (Lipinski definition) is 4. The van der Waals surface area contributed by atoms with Crippen molar-refractivity contribution in [3.63, 3.8) is 0 Å². The van der Waals surface area contributed by atoms with Gasteiger partial charge in [-0.15, -0.1) is 0 Å². The number of carbonyl (C=O) groups is 2. The molecule has 1 heterocycles. The summed E-state index contributed by atoms with van der Waals surface area (Å²) in [5.74, 6) is 0.512. The molecule has 0 saturated heterocycles. The summed E-state index contributed by atoms with van der Waals surface area (Å²) >= 11 is 0. The molecule has 1 aromatic heterocycles. The van der Waals surface area contributed by atoms with E-state index < -0.39 is 0 Å². The van der Waals surface area contributed by atoms with Crippen LogP contribution in [0.4, 0.5) is 5.69 Å². The van der Waals surface area contributed by atoms with Crippen molar-refractivity contribution in [1.82, 2.24) is 9.88 Å². The minimum Gasteiger partial charge on any atom is -0.468 e. The second kappa shape index (κ2) is 7.77. The number of nitrogens with one attached hydrogen (secondary N) is 1. The lowest BCUT2D eigenvalue weighted by Crippen LogP contribution is -2.32. The van der Waals surface area contributed by atoms with Crippen LogP contribution in [0.3, 0.4) is 0 Å². The molecule has 0 atom stereocenters. The lowest BCUT2D eigenvalue weighted by Gasteiger charge is -2.16. The summed E-state index contributed by atoms with van der Waals surface area (Å²) in [5.41, 5.74) is 0.649. The number of rotatable bonds is 8. The summed E-state index contributed by atoms with van der Waals surface area (Å²) in [5, 5.41) is 2.81. The summed E-state index contributed by atoms with van der Waals surface area (Å²) in [4.78, 5) is 29.2. The van der Waals surface area contributed by atoms with Gasteiger partial charge in [0.1, 0.15) is 0 Å². The van der Waals surface area contributed by atoms with Crippen LogP contribution in [0.25, 0.3) is 0 Å². The number of pyridine rings is 1. The lowest BCUT2D eigenvalue weighted by atomic mass is 10.3. The molecule has 0 unspecified atom stereocenters. The number of aromatic nitrogens is 1. The zero-order chi connectivity index (χ0) is 15.9. The summed E-state index contributed by atoms with van der Waals surface area (Å²) < 4.78 is 5.37. The Kier molecular flexibility index (Phi) is 5.75. The smallest absolute Gasteiger partial charge is 0.260 e. The maximum Gasteiger partial charge on any atom is 0.260 e. The van der Waals surface area contributed by atoms with Crippen LogP contribution in [-0.2, 0) is 9.59 Å². The van der Waals surface area contributed by atoms with E-state index in [2.05, 4.69) is 17.2 Å². The van der Waals surface area contributed by atoms with E-state index in [0.717, 1.165) is 32.2 Å². The molecule has 1 fully saturated rings. The van der Waals surface area contributed by atoms with Crippen molar-refractivity contribution in [3.05, 3.63) is 18.3 Å². The SMILES string of the molecule is CCCCN(C)C(=O)COc1ccc(NC(=O)C2CC2)cn1. The van der Waals surface area contributed by atoms with Gasteiger partial charge in [-0.3, -0.25) is 9.59 Å². The molecule has 1 aromatic rings. The molecular weight excluding hydrogens is 282 g/mol. The Morgan fingerprint density at radius 1 is 1.41 bits per heavy atom. The molecule has 120 valence electrons. The number of likely N-dealkylation sites (N-methyl/N-ethyl adjacent to an activating group) is 1. The summed E-state index contributed by atoms with van der Waals surface area (Å²) in [6.07, 6.45) is 5.51. The van der Waals surface area contributed by atoms with Crippen LogP contribution >= 0.6 is 0 Å². The van der Waals surface area contributed by atoms with E-state index in [1.807, 2.05) is 0 Å². The van der Waals surface area contributed by atoms with E-state index >= 15 is 0 Å². The van der Waals surface area contributed by atoms with Crippen molar-refractivity contribution in [2.75, 3.05) is 25.5 Å². The minimum atomic E-state index is -0.0682. The molecule has 0 spiro atoms. The fourth-order valence-corrected chi connectivity index (χ4v) is 1.90. The largest absolute Gasteiger partial charge is 0.468 e. The summed E-state index contributed by atoms with van der Waals surface area (Å²) in [6.45, 7) is 2.79. The van der Waals surface area contributed by atoms with E-state index in [0.29, 0.717) is 11.6 Å². The Hall–Kier alpha value is -2.11. The zero-order valence-electron chi connectivity index (χ0n) is 13.2. The normalized spacial score (nSPS) is 13.5. The van der Waals surface area contributed by atoms with Crippen molar-refractivity contribution in [3.8, 4) is 5.88 Å². The number of ether oxygens (including phenoxy) is 1. The van der Waals surface area contributed by atoms with Crippen LogP contribution in [0.1, 0.15) is 32.6 Å². The highest BCUT2D eigenvalue weighted by molar-refractivity contribution is 5.93. The molecule has 2 rings (SSSR count). The standard InChI is InChI=1S/C16H23N3O3/c1-3-4-9-19(2)15(20)11-22-14-8-7-13(10-17-14)18-16(21)12-5-6-12/h7-8,10,12H,3-6,9,11H2,1-2H3,(H,18,21). The number of nitrogens with zero attached hydrogens (tertiary/aromatic N) is 2. The molecular formula is C16H23N3O3. The molecule has 6 heteroatoms. The van der Waals surface area contributed by atoms with Gasteiger partial charge in [-0.25, -0.2) is 4.98 Å². The van der Waals surface area contributed by atoms with Crippen molar-refractivity contribution < 1.29 is 14.3 Å². The quantitative estimate of drug-likeness (QED) is 0.798. The van der Waals surface area contributed by atoms with Crippen molar-refractivity contribution in [2.45, 2.75) is 32.6 Å². The van der Waals surface area contributed by atoms with E-state index in [1.165, 1.54) is 0 Å². The maximum absolute atomic E-state index is 11.8. The van der Waals surface area contributed by atoms with Crippen LogP contribution < -0.4 is 10.1 Å². The Morgan fingerprint density at radius 3 is 2.77 bits per heavy atom. The predicted molar refractivity (Wildman–Crippen MR) is 83.6 cm³/mol.